The van der Waals surface area contributed by atoms with E-state index in [2.05, 4.69) is 22.2 Å². The average molecular weight is 279 g/mol. The van der Waals surface area contributed by atoms with Gasteiger partial charge in [0.25, 0.3) is 0 Å². The van der Waals surface area contributed by atoms with Crippen molar-refractivity contribution in [1.82, 2.24) is 15.1 Å². The zero-order chi connectivity index (χ0) is 13.8. The number of hydrogen-bond acceptors (Lipinski definition) is 3. The molecule has 1 N–H and O–H groups in total. The summed E-state index contributed by atoms with van der Waals surface area (Å²) in [4.78, 5) is 5.26. The van der Waals surface area contributed by atoms with Gasteiger partial charge in [-0.1, -0.05) is 19.3 Å². The van der Waals surface area contributed by atoms with Gasteiger partial charge in [0.15, 0.2) is 0 Å². The van der Waals surface area contributed by atoms with Gasteiger partial charge < -0.3 is 15.1 Å². The molecule has 0 unspecified atom stereocenters. The van der Waals surface area contributed by atoms with Crippen LogP contribution in [0.3, 0.4) is 0 Å². The lowest BCUT2D eigenvalue weighted by atomic mass is 9.93. The van der Waals surface area contributed by atoms with Gasteiger partial charge in [-0.05, 0) is 71.8 Å². The Morgan fingerprint density at radius 3 is 1.95 bits per heavy atom. The van der Waals surface area contributed by atoms with Crippen molar-refractivity contribution in [3.63, 3.8) is 0 Å². The van der Waals surface area contributed by atoms with Crippen LogP contribution in [0.25, 0.3) is 0 Å². The summed E-state index contributed by atoms with van der Waals surface area (Å²) in [6.07, 6.45) is 12.7. The molecule has 2 aliphatic heterocycles. The Balaban J connectivity index is 1.38. The molecule has 1 aliphatic carbocycles. The summed E-state index contributed by atoms with van der Waals surface area (Å²) in [5.74, 6) is 0. The molecule has 0 aromatic rings. The summed E-state index contributed by atoms with van der Waals surface area (Å²) in [7, 11) is 2.26. The second kappa shape index (κ2) is 7.24. The molecule has 3 aliphatic rings. The van der Waals surface area contributed by atoms with Gasteiger partial charge >= 0.3 is 0 Å². The van der Waals surface area contributed by atoms with Gasteiger partial charge in [0, 0.05) is 18.1 Å². The molecule has 3 rings (SSSR count). The summed E-state index contributed by atoms with van der Waals surface area (Å²) >= 11 is 0. The second-order valence-corrected chi connectivity index (χ2v) is 7.35. The highest BCUT2D eigenvalue weighted by Crippen LogP contribution is 2.23. The first-order chi connectivity index (χ1) is 9.81. The quantitative estimate of drug-likeness (QED) is 0.856. The molecule has 0 radical (unpaired) electrons. The van der Waals surface area contributed by atoms with E-state index in [0.717, 1.165) is 18.1 Å². The first kappa shape index (κ1) is 14.8. The Hall–Kier alpha value is -0.120. The van der Waals surface area contributed by atoms with E-state index in [0.29, 0.717) is 0 Å². The van der Waals surface area contributed by atoms with E-state index >= 15 is 0 Å². The van der Waals surface area contributed by atoms with Crippen LogP contribution in [0.15, 0.2) is 0 Å². The van der Waals surface area contributed by atoms with Crippen LogP contribution in [0.5, 0.6) is 0 Å². The Kier molecular flexibility index (Phi) is 5.36. The maximum Gasteiger partial charge on any atom is 0.0120 e. The fraction of sp³-hybridized carbons (Fsp3) is 1.00. The van der Waals surface area contributed by atoms with Gasteiger partial charge in [-0.25, -0.2) is 0 Å². The first-order valence-electron chi connectivity index (χ1n) is 9.00. The largest absolute Gasteiger partial charge is 0.311 e. The highest BCUT2D eigenvalue weighted by molar-refractivity contribution is 4.86. The van der Waals surface area contributed by atoms with E-state index in [1.807, 2.05) is 0 Å². The fourth-order valence-corrected chi connectivity index (χ4v) is 4.39. The van der Waals surface area contributed by atoms with Gasteiger partial charge in [-0.15, -0.1) is 0 Å². The number of nitrogens with one attached hydrogen (secondary N) is 1. The van der Waals surface area contributed by atoms with Crippen molar-refractivity contribution < 1.29 is 0 Å². The molecular weight excluding hydrogens is 246 g/mol. The summed E-state index contributed by atoms with van der Waals surface area (Å²) in [5.41, 5.74) is 0. The second-order valence-electron chi connectivity index (χ2n) is 7.35. The molecular formula is C17H33N3. The minimum Gasteiger partial charge on any atom is -0.311 e. The smallest absolute Gasteiger partial charge is 0.0120 e. The van der Waals surface area contributed by atoms with Crippen LogP contribution in [-0.4, -0.2) is 61.2 Å². The molecule has 20 heavy (non-hydrogen) atoms. The topological polar surface area (TPSA) is 18.5 Å². The molecule has 0 amide bonds. The van der Waals surface area contributed by atoms with Crippen LogP contribution in [0.1, 0.15) is 57.8 Å². The summed E-state index contributed by atoms with van der Waals surface area (Å²) in [5, 5.41) is 3.95. The van der Waals surface area contributed by atoms with Crippen molar-refractivity contribution in [2.24, 2.45) is 0 Å². The maximum absolute atomic E-state index is 3.95. The lowest BCUT2D eigenvalue weighted by Gasteiger charge is -2.42. The number of rotatable bonds is 3. The molecule has 1 saturated carbocycles. The molecule has 0 atom stereocenters. The Morgan fingerprint density at radius 2 is 1.30 bits per heavy atom. The van der Waals surface area contributed by atoms with Gasteiger partial charge in [0.2, 0.25) is 0 Å². The Labute approximate surface area is 125 Å². The Morgan fingerprint density at radius 1 is 0.700 bits per heavy atom. The standard InChI is InChI=1S/C17H33N3/c1-19-11-9-17(10-12-19)20-13-7-16(8-14-20)18-15-5-3-2-4-6-15/h15-18H,2-14H2,1H3. The van der Waals surface area contributed by atoms with Crippen molar-refractivity contribution >= 4 is 0 Å². The van der Waals surface area contributed by atoms with Crippen molar-refractivity contribution in [2.45, 2.75) is 75.9 Å². The number of likely N-dealkylation sites (tertiary alicyclic amines) is 2. The molecule has 3 nitrogen and oxygen atoms in total. The number of piperidine rings is 2. The van der Waals surface area contributed by atoms with E-state index in [1.165, 1.54) is 84.0 Å². The van der Waals surface area contributed by atoms with Gasteiger partial charge in [-0.2, -0.15) is 0 Å². The highest BCUT2D eigenvalue weighted by atomic mass is 15.2. The molecule has 0 aromatic heterocycles. The minimum absolute atomic E-state index is 0.806. The van der Waals surface area contributed by atoms with E-state index in [-0.39, 0.29) is 0 Å². The SMILES string of the molecule is CN1CCC(N2CCC(NC3CCCCC3)CC2)CC1. The van der Waals surface area contributed by atoms with Gasteiger partial charge in [-0.3, -0.25) is 0 Å². The predicted octanol–water partition coefficient (Wildman–Crippen LogP) is 2.47. The van der Waals surface area contributed by atoms with Crippen molar-refractivity contribution in [1.29, 1.82) is 0 Å². The number of nitrogens with zero attached hydrogens (tertiary/aromatic N) is 2. The summed E-state index contributed by atoms with van der Waals surface area (Å²) in [6.45, 7) is 5.26. The van der Waals surface area contributed by atoms with Crippen LogP contribution in [0, 0.1) is 0 Å². The van der Waals surface area contributed by atoms with Crippen LogP contribution in [-0.2, 0) is 0 Å². The third-order valence-corrected chi connectivity index (χ3v) is 5.81. The maximum atomic E-state index is 3.95. The lowest BCUT2D eigenvalue weighted by Crippen LogP contribution is -2.51. The van der Waals surface area contributed by atoms with Crippen LogP contribution in [0.2, 0.25) is 0 Å². The molecule has 0 aromatic carbocycles. The average Bonchev–Trinajstić information content (AvgIpc) is 2.50. The van der Waals surface area contributed by atoms with Gasteiger partial charge in [0.05, 0.1) is 0 Å². The monoisotopic (exact) mass is 279 g/mol. The molecule has 0 bridgehead atoms. The molecule has 0 spiro atoms. The van der Waals surface area contributed by atoms with E-state index in [9.17, 15) is 0 Å². The normalized spacial score (nSPS) is 29.9. The van der Waals surface area contributed by atoms with E-state index in [1.54, 1.807) is 0 Å². The predicted molar refractivity (Wildman–Crippen MR) is 85.1 cm³/mol. The molecule has 2 heterocycles. The van der Waals surface area contributed by atoms with Crippen LogP contribution >= 0.6 is 0 Å². The lowest BCUT2D eigenvalue weighted by molar-refractivity contribution is 0.0892. The third-order valence-electron chi connectivity index (χ3n) is 5.81. The summed E-state index contributed by atoms with van der Waals surface area (Å²) < 4.78 is 0. The number of hydrogen-bond donors (Lipinski definition) is 1. The third kappa shape index (κ3) is 3.96. The van der Waals surface area contributed by atoms with Crippen LogP contribution in [0.4, 0.5) is 0 Å². The van der Waals surface area contributed by atoms with Crippen molar-refractivity contribution in [2.75, 3.05) is 33.2 Å². The first-order valence-corrected chi connectivity index (χ1v) is 9.00. The zero-order valence-electron chi connectivity index (χ0n) is 13.3. The van der Waals surface area contributed by atoms with Gasteiger partial charge in [0.1, 0.15) is 0 Å². The van der Waals surface area contributed by atoms with E-state index < -0.39 is 0 Å². The summed E-state index contributed by atoms with van der Waals surface area (Å²) in [6, 6.07) is 2.52. The molecule has 3 heteroatoms. The fourth-order valence-electron chi connectivity index (χ4n) is 4.39. The van der Waals surface area contributed by atoms with Crippen molar-refractivity contribution in [3.8, 4) is 0 Å². The van der Waals surface area contributed by atoms with E-state index in [4.69, 9.17) is 0 Å². The minimum atomic E-state index is 0.806. The molecule has 116 valence electrons. The van der Waals surface area contributed by atoms with Crippen LogP contribution < -0.4 is 5.32 Å². The molecule has 2 saturated heterocycles. The highest BCUT2D eigenvalue weighted by Gasteiger charge is 2.28. The van der Waals surface area contributed by atoms with Crippen molar-refractivity contribution in [3.05, 3.63) is 0 Å². The molecule has 3 fully saturated rings. The zero-order valence-corrected chi connectivity index (χ0v) is 13.3. The Bertz CT molecular complexity index is 272.